The van der Waals surface area contributed by atoms with Crippen LogP contribution in [0.4, 0.5) is 11.5 Å². The Bertz CT molecular complexity index is 431. The van der Waals surface area contributed by atoms with Gasteiger partial charge in [-0.2, -0.15) is 0 Å². The van der Waals surface area contributed by atoms with E-state index in [4.69, 9.17) is 4.74 Å². The Morgan fingerprint density at radius 3 is 3.17 bits per heavy atom. The molecule has 1 N–H and O–H groups in total. The summed E-state index contributed by atoms with van der Waals surface area (Å²) < 4.78 is 5.29. The van der Waals surface area contributed by atoms with Crippen molar-refractivity contribution in [3.63, 3.8) is 0 Å². The van der Waals surface area contributed by atoms with Crippen molar-refractivity contribution >= 4 is 11.5 Å². The number of hydrogen-bond acceptors (Lipinski definition) is 5. The zero-order valence-electron chi connectivity index (χ0n) is 10.4. The Labute approximate surface area is 106 Å². The van der Waals surface area contributed by atoms with Crippen molar-refractivity contribution in [1.82, 2.24) is 4.98 Å². The average molecular weight is 251 g/mol. The van der Waals surface area contributed by atoms with Crippen LogP contribution in [0.15, 0.2) is 12.3 Å². The molecule has 6 heteroatoms. The van der Waals surface area contributed by atoms with Crippen LogP contribution in [0, 0.1) is 23.0 Å². The minimum atomic E-state index is -0.386. The molecule has 0 bridgehead atoms. The van der Waals surface area contributed by atoms with E-state index in [1.165, 1.54) is 0 Å². The average Bonchev–Trinajstić information content (AvgIpc) is 2.81. The molecule has 0 spiro atoms. The van der Waals surface area contributed by atoms with Crippen molar-refractivity contribution < 1.29 is 9.66 Å². The Hall–Kier alpha value is -1.69. The fourth-order valence-corrected chi connectivity index (χ4v) is 2.12. The molecule has 18 heavy (non-hydrogen) atoms. The van der Waals surface area contributed by atoms with E-state index in [9.17, 15) is 10.1 Å². The first-order chi connectivity index (χ1) is 8.68. The third kappa shape index (κ3) is 2.95. The molecule has 0 radical (unpaired) electrons. The van der Waals surface area contributed by atoms with Crippen LogP contribution in [0.1, 0.15) is 18.4 Å². The molecule has 0 amide bonds. The lowest BCUT2D eigenvalue weighted by atomic mass is 10.1. The van der Waals surface area contributed by atoms with Gasteiger partial charge in [-0.1, -0.05) is 0 Å². The molecule has 6 nitrogen and oxygen atoms in total. The predicted octanol–water partition coefficient (Wildman–Crippen LogP) is 2.14. The summed E-state index contributed by atoms with van der Waals surface area (Å²) in [5.74, 6) is 0.917. The SMILES string of the molecule is Cc1ccnc(NCCC2CCOC2)c1[N+](=O)[O-]. The van der Waals surface area contributed by atoms with E-state index in [1.807, 2.05) is 0 Å². The van der Waals surface area contributed by atoms with Crippen LogP contribution < -0.4 is 5.32 Å². The van der Waals surface area contributed by atoms with Crippen molar-refractivity contribution in [2.75, 3.05) is 25.1 Å². The number of anilines is 1. The second kappa shape index (κ2) is 5.77. The van der Waals surface area contributed by atoms with Gasteiger partial charge in [0.2, 0.25) is 5.82 Å². The number of aryl methyl sites for hydroxylation is 1. The van der Waals surface area contributed by atoms with Gasteiger partial charge in [0.1, 0.15) is 0 Å². The summed E-state index contributed by atoms with van der Waals surface area (Å²) in [5, 5.41) is 14.0. The van der Waals surface area contributed by atoms with Crippen molar-refractivity contribution in [1.29, 1.82) is 0 Å². The molecule has 0 aliphatic carbocycles. The van der Waals surface area contributed by atoms with E-state index < -0.39 is 0 Å². The van der Waals surface area contributed by atoms with Crippen LogP contribution in [0.25, 0.3) is 0 Å². The van der Waals surface area contributed by atoms with Crippen LogP contribution >= 0.6 is 0 Å². The maximum absolute atomic E-state index is 11.0. The lowest BCUT2D eigenvalue weighted by Crippen LogP contribution is -2.11. The van der Waals surface area contributed by atoms with Gasteiger partial charge in [0.25, 0.3) is 0 Å². The molecule has 98 valence electrons. The number of nitrogens with zero attached hydrogens (tertiary/aromatic N) is 2. The van der Waals surface area contributed by atoms with Crippen molar-refractivity contribution in [3.8, 4) is 0 Å². The van der Waals surface area contributed by atoms with Gasteiger partial charge in [0.05, 0.1) is 4.92 Å². The standard InChI is InChI=1S/C12H17N3O3/c1-9-2-5-13-12(11(9)15(16)17)14-6-3-10-4-7-18-8-10/h2,5,10H,3-4,6-8H2,1H3,(H,13,14). The maximum Gasteiger partial charge on any atom is 0.314 e. The van der Waals surface area contributed by atoms with Gasteiger partial charge in [-0.15, -0.1) is 0 Å². The zero-order valence-corrected chi connectivity index (χ0v) is 10.4. The summed E-state index contributed by atoms with van der Waals surface area (Å²) in [5.41, 5.74) is 0.696. The number of nitrogens with one attached hydrogen (secondary N) is 1. The Balaban J connectivity index is 1.96. The Kier molecular flexibility index (Phi) is 4.09. The molecule has 1 saturated heterocycles. The Morgan fingerprint density at radius 1 is 1.67 bits per heavy atom. The molecule has 1 aliphatic heterocycles. The number of pyridine rings is 1. The number of rotatable bonds is 5. The number of ether oxygens (including phenoxy) is 1. The molecule has 0 aromatic carbocycles. The van der Waals surface area contributed by atoms with E-state index in [2.05, 4.69) is 10.3 Å². The van der Waals surface area contributed by atoms with Crippen molar-refractivity contribution in [2.45, 2.75) is 19.8 Å². The molecule has 1 unspecified atom stereocenters. The third-order valence-corrected chi connectivity index (χ3v) is 3.18. The first-order valence-electron chi connectivity index (χ1n) is 6.10. The molecule has 0 saturated carbocycles. The molecule has 1 aliphatic rings. The van der Waals surface area contributed by atoms with Gasteiger partial charge in [-0.3, -0.25) is 10.1 Å². The van der Waals surface area contributed by atoms with Crippen molar-refractivity contribution in [2.24, 2.45) is 5.92 Å². The molecule has 1 atom stereocenters. The molecule has 1 fully saturated rings. The van der Waals surface area contributed by atoms with Gasteiger partial charge in [-0.25, -0.2) is 4.98 Å². The highest BCUT2D eigenvalue weighted by atomic mass is 16.6. The van der Waals surface area contributed by atoms with E-state index in [1.54, 1.807) is 19.2 Å². The fraction of sp³-hybridized carbons (Fsp3) is 0.583. The second-order valence-electron chi connectivity index (χ2n) is 4.53. The van der Waals surface area contributed by atoms with Gasteiger partial charge in [-0.05, 0) is 31.7 Å². The van der Waals surface area contributed by atoms with Gasteiger partial charge in [0, 0.05) is 31.5 Å². The Morgan fingerprint density at radius 2 is 2.50 bits per heavy atom. The topological polar surface area (TPSA) is 77.3 Å². The molecule has 2 rings (SSSR count). The smallest absolute Gasteiger partial charge is 0.314 e. The van der Waals surface area contributed by atoms with Gasteiger partial charge in [0.15, 0.2) is 0 Å². The lowest BCUT2D eigenvalue weighted by molar-refractivity contribution is -0.384. The third-order valence-electron chi connectivity index (χ3n) is 3.18. The minimum absolute atomic E-state index is 0.0696. The quantitative estimate of drug-likeness (QED) is 0.640. The second-order valence-corrected chi connectivity index (χ2v) is 4.53. The fourth-order valence-electron chi connectivity index (χ4n) is 2.12. The van der Waals surface area contributed by atoms with Gasteiger partial charge >= 0.3 is 5.69 Å². The number of nitro groups is 1. The molecule has 1 aromatic heterocycles. The van der Waals surface area contributed by atoms with Crippen molar-refractivity contribution in [3.05, 3.63) is 27.9 Å². The monoisotopic (exact) mass is 251 g/mol. The van der Waals surface area contributed by atoms with Gasteiger partial charge < -0.3 is 10.1 Å². The van der Waals surface area contributed by atoms with E-state index >= 15 is 0 Å². The van der Waals surface area contributed by atoms with Crippen LogP contribution in [0.3, 0.4) is 0 Å². The summed E-state index contributed by atoms with van der Waals surface area (Å²) in [7, 11) is 0. The maximum atomic E-state index is 11.0. The summed E-state index contributed by atoms with van der Waals surface area (Å²) in [6.45, 7) is 4.03. The molecule has 1 aromatic rings. The normalized spacial score (nSPS) is 18.8. The van der Waals surface area contributed by atoms with Crippen LogP contribution in [-0.2, 0) is 4.74 Å². The van der Waals surface area contributed by atoms with Crippen LogP contribution in [0.2, 0.25) is 0 Å². The van der Waals surface area contributed by atoms with E-state index in [0.29, 0.717) is 23.8 Å². The summed E-state index contributed by atoms with van der Waals surface area (Å²) in [4.78, 5) is 14.6. The number of aromatic nitrogens is 1. The lowest BCUT2D eigenvalue weighted by Gasteiger charge is -2.10. The summed E-state index contributed by atoms with van der Waals surface area (Å²) >= 11 is 0. The first-order valence-corrected chi connectivity index (χ1v) is 6.10. The summed E-state index contributed by atoms with van der Waals surface area (Å²) in [6, 6.07) is 1.65. The van der Waals surface area contributed by atoms with E-state index in [-0.39, 0.29) is 10.6 Å². The zero-order chi connectivity index (χ0) is 13.0. The van der Waals surface area contributed by atoms with E-state index in [0.717, 1.165) is 26.1 Å². The minimum Gasteiger partial charge on any atom is -0.381 e. The molecule has 2 heterocycles. The molecular formula is C12H17N3O3. The summed E-state index contributed by atoms with van der Waals surface area (Å²) in [6.07, 6.45) is 3.61. The highest BCUT2D eigenvalue weighted by Crippen LogP contribution is 2.25. The predicted molar refractivity (Wildman–Crippen MR) is 67.7 cm³/mol. The first kappa shape index (κ1) is 12.8. The van der Waals surface area contributed by atoms with Crippen LogP contribution in [0.5, 0.6) is 0 Å². The molecular weight excluding hydrogens is 234 g/mol. The van der Waals surface area contributed by atoms with Crippen LogP contribution in [-0.4, -0.2) is 29.7 Å². The highest BCUT2D eigenvalue weighted by Gasteiger charge is 2.19. The number of hydrogen-bond donors (Lipinski definition) is 1. The largest absolute Gasteiger partial charge is 0.381 e. The highest BCUT2D eigenvalue weighted by molar-refractivity contribution is 5.59.